The van der Waals surface area contributed by atoms with Crippen LogP contribution in [-0.4, -0.2) is 10.4 Å². The molecular weight excluding hydrogens is 266 g/mol. The third kappa shape index (κ3) is 2.19. The lowest BCUT2D eigenvalue weighted by molar-refractivity contribution is -0.119. The standard InChI is InChI=1S/C13H14BrNO/c1-2-5-10(16)8-15-9-12(14)11-6-3-4-7-13(11)15/h3-4,6-7,9H,2,5,8H2,1H3. The molecule has 3 heteroatoms. The van der Waals surface area contributed by atoms with Gasteiger partial charge in [0.1, 0.15) is 0 Å². The Labute approximate surface area is 103 Å². The van der Waals surface area contributed by atoms with E-state index in [1.165, 1.54) is 0 Å². The number of hydrogen-bond acceptors (Lipinski definition) is 1. The number of halogens is 1. The highest BCUT2D eigenvalue weighted by molar-refractivity contribution is 9.10. The third-order valence-corrected chi connectivity index (χ3v) is 3.25. The van der Waals surface area contributed by atoms with Gasteiger partial charge >= 0.3 is 0 Å². The van der Waals surface area contributed by atoms with Crippen molar-refractivity contribution in [3.05, 3.63) is 34.9 Å². The van der Waals surface area contributed by atoms with E-state index in [9.17, 15) is 4.79 Å². The molecule has 2 rings (SSSR count). The van der Waals surface area contributed by atoms with Crippen LogP contribution in [0.4, 0.5) is 0 Å². The van der Waals surface area contributed by atoms with E-state index in [0.717, 1.165) is 21.8 Å². The minimum absolute atomic E-state index is 0.288. The summed E-state index contributed by atoms with van der Waals surface area (Å²) >= 11 is 3.51. The van der Waals surface area contributed by atoms with Crippen molar-refractivity contribution < 1.29 is 4.79 Å². The van der Waals surface area contributed by atoms with Crippen LogP contribution in [-0.2, 0) is 11.3 Å². The summed E-state index contributed by atoms with van der Waals surface area (Å²) in [5, 5.41) is 1.16. The SMILES string of the molecule is CCCC(=O)Cn1cc(Br)c2ccccc21. The number of ketones is 1. The Kier molecular flexibility index (Phi) is 3.44. The van der Waals surface area contributed by atoms with E-state index in [1.54, 1.807) is 0 Å². The molecule has 2 aromatic rings. The number of carbonyl (C=O) groups is 1. The second-order valence-electron chi connectivity index (χ2n) is 3.91. The topological polar surface area (TPSA) is 22.0 Å². The van der Waals surface area contributed by atoms with Crippen molar-refractivity contribution in [2.75, 3.05) is 0 Å². The van der Waals surface area contributed by atoms with Crippen molar-refractivity contribution >= 4 is 32.6 Å². The summed E-state index contributed by atoms with van der Waals surface area (Å²) < 4.78 is 3.06. The number of rotatable bonds is 4. The Bertz CT molecular complexity index is 516. The predicted octanol–water partition coefficient (Wildman–Crippen LogP) is 3.77. The van der Waals surface area contributed by atoms with E-state index in [0.29, 0.717) is 13.0 Å². The van der Waals surface area contributed by atoms with Gasteiger partial charge in [0.25, 0.3) is 0 Å². The number of nitrogens with zero attached hydrogens (tertiary/aromatic N) is 1. The van der Waals surface area contributed by atoms with E-state index in [1.807, 2.05) is 35.9 Å². The number of fused-ring (bicyclic) bond motifs is 1. The Balaban J connectivity index is 2.34. The van der Waals surface area contributed by atoms with Crippen LogP contribution in [0.25, 0.3) is 10.9 Å². The summed E-state index contributed by atoms with van der Waals surface area (Å²) in [7, 11) is 0. The lowest BCUT2D eigenvalue weighted by Gasteiger charge is -2.03. The average molecular weight is 280 g/mol. The van der Waals surface area contributed by atoms with Gasteiger partial charge in [0.15, 0.2) is 5.78 Å². The zero-order valence-corrected chi connectivity index (χ0v) is 10.8. The van der Waals surface area contributed by atoms with Crippen molar-refractivity contribution in [3.8, 4) is 0 Å². The van der Waals surface area contributed by atoms with Crippen LogP contribution >= 0.6 is 15.9 Å². The molecule has 0 aliphatic carbocycles. The molecule has 0 saturated carbocycles. The fraction of sp³-hybridized carbons (Fsp3) is 0.308. The zero-order chi connectivity index (χ0) is 11.5. The van der Waals surface area contributed by atoms with Crippen molar-refractivity contribution in [1.29, 1.82) is 0 Å². The summed E-state index contributed by atoms with van der Waals surface area (Å²) in [6.07, 6.45) is 3.56. The van der Waals surface area contributed by atoms with Crippen molar-refractivity contribution in [2.45, 2.75) is 26.3 Å². The number of hydrogen-bond donors (Lipinski definition) is 0. The average Bonchev–Trinajstić information content (AvgIpc) is 2.57. The molecule has 1 aromatic carbocycles. The highest BCUT2D eigenvalue weighted by atomic mass is 79.9. The third-order valence-electron chi connectivity index (χ3n) is 2.62. The molecule has 2 nitrogen and oxygen atoms in total. The first-order valence-corrected chi connectivity index (χ1v) is 6.26. The van der Waals surface area contributed by atoms with E-state index >= 15 is 0 Å². The Morgan fingerprint density at radius 1 is 1.38 bits per heavy atom. The van der Waals surface area contributed by atoms with Gasteiger partial charge in [-0.15, -0.1) is 0 Å². The zero-order valence-electron chi connectivity index (χ0n) is 9.24. The quantitative estimate of drug-likeness (QED) is 0.835. The molecule has 0 bridgehead atoms. The van der Waals surface area contributed by atoms with Crippen LogP contribution in [0.5, 0.6) is 0 Å². The van der Waals surface area contributed by atoms with Crippen LogP contribution in [0.1, 0.15) is 19.8 Å². The van der Waals surface area contributed by atoms with Gasteiger partial charge in [-0.1, -0.05) is 25.1 Å². The van der Waals surface area contributed by atoms with E-state index < -0.39 is 0 Å². The van der Waals surface area contributed by atoms with Crippen LogP contribution in [0, 0.1) is 0 Å². The van der Waals surface area contributed by atoms with Crippen LogP contribution in [0.3, 0.4) is 0 Å². The molecule has 0 spiro atoms. The van der Waals surface area contributed by atoms with Crippen LogP contribution < -0.4 is 0 Å². The fourth-order valence-electron chi connectivity index (χ4n) is 1.88. The lowest BCUT2D eigenvalue weighted by Crippen LogP contribution is -2.08. The second kappa shape index (κ2) is 4.83. The van der Waals surface area contributed by atoms with Crippen molar-refractivity contribution in [2.24, 2.45) is 0 Å². The van der Waals surface area contributed by atoms with Gasteiger partial charge in [0.2, 0.25) is 0 Å². The first-order chi connectivity index (χ1) is 7.72. The second-order valence-corrected chi connectivity index (χ2v) is 4.77. The summed E-state index contributed by atoms with van der Waals surface area (Å²) in [6, 6.07) is 8.10. The molecule has 0 N–H and O–H groups in total. The highest BCUT2D eigenvalue weighted by Crippen LogP contribution is 2.25. The molecular formula is C13H14BrNO. The molecule has 16 heavy (non-hydrogen) atoms. The molecule has 1 aromatic heterocycles. The molecule has 0 fully saturated rings. The number of benzene rings is 1. The predicted molar refractivity (Wildman–Crippen MR) is 69.6 cm³/mol. The minimum atomic E-state index is 0.288. The monoisotopic (exact) mass is 279 g/mol. The van der Waals surface area contributed by atoms with Gasteiger partial charge in [0.05, 0.1) is 6.54 Å². The molecule has 0 atom stereocenters. The van der Waals surface area contributed by atoms with Gasteiger partial charge in [-0.3, -0.25) is 4.79 Å². The van der Waals surface area contributed by atoms with E-state index in [-0.39, 0.29) is 5.78 Å². The molecule has 0 unspecified atom stereocenters. The molecule has 0 amide bonds. The molecule has 0 saturated heterocycles. The maximum absolute atomic E-state index is 11.6. The highest BCUT2D eigenvalue weighted by Gasteiger charge is 2.08. The first-order valence-electron chi connectivity index (χ1n) is 5.47. The fourth-order valence-corrected chi connectivity index (χ4v) is 2.46. The normalized spacial score (nSPS) is 10.9. The lowest BCUT2D eigenvalue weighted by atomic mass is 10.2. The van der Waals surface area contributed by atoms with Gasteiger partial charge in [-0.25, -0.2) is 0 Å². The van der Waals surface area contributed by atoms with E-state index in [2.05, 4.69) is 22.0 Å². The van der Waals surface area contributed by atoms with Crippen LogP contribution in [0.15, 0.2) is 34.9 Å². The van der Waals surface area contributed by atoms with Crippen LogP contribution in [0.2, 0.25) is 0 Å². The maximum Gasteiger partial charge on any atom is 0.152 e. The Morgan fingerprint density at radius 2 is 2.12 bits per heavy atom. The van der Waals surface area contributed by atoms with Gasteiger partial charge < -0.3 is 4.57 Å². The number of carbonyl (C=O) groups excluding carboxylic acids is 1. The number of Topliss-reactive ketones (excluding diaryl/α,β-unsaturated/α-hetero) is 1. The van der Waals surface area contributed by atoms with Gasteiger partial charge in [-0.2, -0.15) is 0 Å². The minimum Gasteiger partial charge on any atom is -0.339 e. The Morgan fingerprint density at radius 3 is 2.88 bits per heavy atom. The molecule has 84 valence electrons. The van der Waals surface area contributed by atoms with Crippen molar-refractivity contribution in [3.63, 3.8) is 0 Å². The molecule has 1 heterocycles. The number of para-hydroxylation sites is 1. The first kappa shape index (κ1) is 11.4. The largest absolute Gasteiger partial charge is 0.339 e. The number of aromatic nitrogens is 1. The van der Waals surface area contributed by atoms with Gasteiger partial charge in [0, 0.05) is 28.0 Å². The maximum atomic E-state index is 11.6. The summed E-state index contributed by atoms with van der Waals surface area (Å²) in [5.41, 5.74) is 1.11. The molecule has 0 aliphatic rings. The van der Waals surface area contributed by atoms with Gasteiger partial charge in [-0.05, 0) is 28.4 Å². The molecule has 0 aliphatic heterocycles. The van der Waals surface area contributed by atoms with Crippen molar-refractivity contribution in [1.82, 2.24) is 4.57 Å². The summed E-state index contributed by atoms with van der Waals surface area (Å²) in [4.78, 5) is 11.6. The Hall–Kier alpha value is -1.09. The van der Waals surface area contributed by atoms with E-state index in [4.69, 9.17) is 0 Å². The summed E-state index contributed by atoms with van der Waals surface area (Å²) in [6.45, 7) is 2.50. The summed E-state index contributed by atoms with van der Waals surface area (Å²) in [5.74, 6) is 0.288. The smallest absolute Gasteiger partial charge is 0.152 e. The molecule has 0 radical (unpaired) electrons.